The van der Waals surface area contributed by atoms with Gasteiger partial charge >= 0.3 is 0 Å². The number of aliphatic hydroxyl groups excluding tert-OH is 1. The van der Waals surface area contributed by atoms with E-state index in [1.54, 1.807) is 6.33 Å². The number of rotatable bonds is 9. The maximum absolute atomic E-state index is 8.89. The normalized spacial score (nSPS) is 12.9. The Morgan fingerprint density at radius 1 is 1.53 bits per heavy atom. The third kappa shape index (κ3) is 5.28. The van der Waals surface area contributed by atoms with E-state index in [1.165, 1.54) is 0 Å². The summed E-state index contributed by atoms with van der Waals surface area (Å²) in [6.45, 7) is 7.15. The lowest BCUT2D eigenvalue weighted by atomic mass is 10.1. The average Bonchev–Trinajstić information content (AvgIpc) is 2.76. The Morgan fingerprint density at radius 2 is 2.35 bits per heavy atom. The van der Waals surface area contributed by atoms with Crippen LogP contribution >= 0.6 is 0 Å². The molecule has 0 aliphatic carbocycles. The van der Waals surface area contributed by atoms with Crippen LogP contribution in [0.15, 0.2) is 6.33 Å². The van der Waals surface area contributed by atoms with Gasteiger partial charge in [-0.2, -0.15) is 5.10 Å². The second kappa shape index (κ2) is 8.20. The van der Waals surface area contributed by atoms with E-state index in [-0.39, 0.29) is 6.61 Å². The Kier molecular flexibility index (Phi) is 6.81. The summed E-state index contributed by atoms with van der Waals surface area (Å²) in [7, 11) is 0. The zero-order valence-corrected chi connectivity index (χ0v) is 10.9. The molecular formula is C12H24N4O. The molecule has 0 spiro atoms. The van der Waals surface area contributed by atoms with Gasteiger partial charge in [0, 0.05) is 13.2 Å². The first-order valence-corrected chi connectivity index (χ1v) is 6.46. The highest BCUT2D eigenvalue weighted by Crippen LogP contribution is 2.03. The van der Waals surface area contributed by atoms with Crippen molar-refractivity contribution >= 4 is 0 Å². The summed E-state index contributed by atoms with van der Waals surface area (Å²) < 4.78 is 1.95. The minimum absolute atomic E-state index is 0.283. The molecule has 1 atom stereocenters. The number of nitrogens with one attached hydrogen (secondary N) is 1. The van der Waals surface area contributed by atoms with E-state index in [0.29, 0.717) is 5.92 Å². The summed E-state index contributed by atoms with van der Waals surface area (Å²) in [5, 5.41) is 16.4. The zero-order valence-electron chi connectivity index (χ0n) is 10.9. The van der Waals surface area contributed by atoms with Crippen molar-refractivity contribution in [3.8, 4) is 0 Å². The molecule has 0 saturated heterocycles. The smallest absolute Gasteiger partial charge is 0.140 e. The van der Waals surface area contributed by atoms with Gasteiger partial charge in [-0.25, -0.2) is 9.67 Å². The summed E-state index contributed by atoms with van der Waals surface area (Å²) in [5.41, 5.74) is 0. The quantitative estimate of drug-likeness (QED) is 0.636. The number of aromatic nitrogens is 3. The molecule has 0 aromatic carbocycles. The molecular weight excluding hydrogens is 216 g/mol. The monoisotopic (exact) mass is 240 g/mol. The molecule has 1 unspecified atom stereocenters. The largest absolute Gasteiger partial charge is 0.396 e. The van der Waals surface area contributed by atoms with Gasteiger partial charge in [-0.15, -0.1) is 0 Å². The molecule has 0 bridgehead atoms. The fourth-order valence-electron chi connectivity index (χ4n) is 1.69. The van der Waals surface area contributed by atoms with Crippen molar-refractivity contribution in [2.75, 3.05) is 13.2 Å². The molecule has 5 nitrogen and oxygen atoms in total. The summed E-state index contributed by atoms with van der Waals surface area (Å²) in [6.07, 6.45) is 4.83. The Hall–Kier alpha value is -0.940. The third-order valence-electron chi connectivity index (χ3n) is 2.78. The predicted molar refractivity (Wildman–Crippen MR) is 67.5 cm³/mol. The number of aliphatic hydroxyl groups is 1. The molecule has 0 amide bonds. The van der Waals surface area contributed by atoms with E-state index in [4.69, 9.17) is 5.11 Å². The summed E-state index contributed by atoms with van der Waals surface area (Å²) >= 11 is 0. The van der Waals surface area contributed by atoms with E-state index in [9.17, 15) is 0 Å². The topological polar surface area (TPSA) is 63.0 Å². The van der Waals surface area contributed by atoms with E-state index in [1.807, 2.05) is 4.68 Å². The number of hydrogen-bond acceptors (Lipinski definition) is 4. The van der Waals surface area contributed by atoms with Crippen LogP contribution < -0.4 is 5.32 Å². The predicted octanol–water partition coefficient (Wildman–Crippen LogP) is 1.19. The first kappa shape index (κ1) is 14.1. The molecule has 0 radical (unpaired) electrons. The zero-order chi connectivity index (χ0) is 12.5. The van der Waals surface area contributed by atoms with Crippen LogP contribution in [0.1, 0.15) is 38.9 Å². The van der Waals surface area contributed by atoms with Gasteiger partial charge in [0.05, 0.1) is 6.54 Å². The van der Waals surface area contributed by atoms with Gasteiger partial charge in [-0.3, -0.25) is 0 Å². The van der Waals surface area contributed by atoms with Crippen molar-refractivity contribution in [1.82, 2.24) is 20.1 Å². The maximum Gasteiger partial charge on any atom is 0.140 e. The highest BCUT2D eigenvalue weighted by molar-refractivity contribution is 4.83. The van der Waals surface area contributed by atoms with Gasteiger partial charge in [-0.05, 0) is 31.7 Å². The van der Waals surface area contributed by atoms with Gasteiger partial charge in [0.1, 0.15) is 12.2 Å². The minimum atomic E-state index is 0.283. The van der Waals surface area contributed by atoms with Crippen LogP contribution in [0.25, 0.3) is 0 Å². The van der Waals surface area contributed by atoms with Crippen LogP contribution in [0.2, 0.25) is 0 Å². The third-order valence-corrected chi connectivity index (χ3v) is 2.78. The Labute approximate surface area is 103 Å². The molecule has 0 saturated carbocycles. The second-order valence-corrected chi connectivity index (χ2v) is 4.51. The van der Waals surface area contributed by atoms with E-state index in [0.717, 1.165) is 44.7 Å². The minimum Gasteiger partial charge on any atom is -0.396 e. The number of aryl methyl sites for hydroxylation is 1. The van der Waals surface area contributed by atoms with Crippen molar-refractivity contribution in [1.29, 1.82) is 0 Å². The maximum atomic E-state index is 8.89. The highest BCUT2D eigenvalue weighted by Gasteiger charge is 2.03. The fraction of sp³-hybridized carbons (Fsp3) is 0.833. The Bertz CT molecular complexity index is 300. The van der Waals surface area contributed by atoms with Gasteiger partial charge in [-0.1, -0.05) is 13.8 Å². The molecule has 1 rings (SSSR count). The lowest BCUT2D eigenvalue weighted by Gasteiger charge is -2.08. The van der Waals surface area contributed by atoms with Crippen LogP contribution in [0.3, 0.4) is 0 Å². The Morgan fingerprint density at radius 3 is 3.06 bits per heavy atom. The first-order valence-electron chi connectivity index (χ1n) is 6.46. The lowest BCUT2D eigenvalue weighted by molar-refractivity contribution is 0.228. The van der Waals surface area contributed by atoms with Gasteiger partial charge in [0.15, 0.2) is 0 Å². The molecule has 5 heteroatoms. The molecule has 17 heavy (non-hydrogen) atoms. The summed E-state index contributed by atoms with van der Waals surface area (Å²) in [5.74, 6) is 1.41. The van der Waals surface area contributed by atoms with Gasteiger partial charge in [0.25, 0.3) is 0 Å². The molecule has 2 N–H and O–H groups in total. The van der Waals surface area contributed by atoms with Gasteiger partial charge in [0.2, 0.25) is 0 Å². The molecule has 98 valence electrons. The van der Waals surface area contributed by atoms with Crippen LogP contribution in [0.4, 0.5) is 0 Å². The van der Waals surface area contributed by atoms with Gasteiger partial charge < -0.3 is 10.4 Å². The van der Waals surface area contributed by atoms with Crippen molar-refractivity contribution < 1.29 is 5.11 Å². The second-order valence-electron chi connectivity index (χ2n) is 4.51. The number of hydrogen-bond donors (Lipinski definition) is 2. The first-order chi connectivity index (χ1) is 8.27. The van der Waals surface area contributed by atoms with Crippen molar-refractivity contribution in [2.45, 2.75) is 46.2 Å². The Balaban J connectivity index is 2.15. The van der Waals surface area contributed by atoms with Crippen LogP contribution in [0.5, 0.6) is 0 Å². The number of nitrogens with zero attached hydrogens (tertiary/aromatic N) is 3. The molecule has 1 heterocycles. The molecule has 0 aliphatic heterocycles. The van der Waals surface area contributed by atoms with Crippen molar-refractivity contribution in [3.05, 3.63) is 12.2 Å². The lowest BCUT2D eigenvalue weighted by Crippen LogP contribution is -2.19. The van der Waals surface area contributed by atoms with E-state index in [2.05, 4.69) is 29.2 Å². The average molecular weight is 240 g/mol. The van der Waals surface area contributed by atoms with Crippen molar-refractivity contribution in [2.24, 2.45) is 5.92 Å². The summed E-state index contributed by atoms with van der Waals surface area (Å²) in [6, 6.07) is 0. The molecule has 0 aliphatic rings. The van der Waals surface area contributed by atoms with Crippen LogP contribution in [-0.4, -0.2) is 33.0 Å². The van der Waals surface area contributed by atoms with Crippen LogP contribution in [-0.2, 0) is 13.1 Å². The summed E-state index contributed by atoms with van der Waals surface area (Å²) in [4.78, 5) is 4.23. The van der Waals surface area contributed by atoms with E-state index >= 15 is 0 Å². The molecule has 1 aromatic rings. The van der Waals surface area contributed by atoms with Crippen molar-refractivity contribution in [3.63, 3.8) is 0 Å². The fourth-order valence-corrected chi connectivity index (χ4v) is 1.69. The molecule has 1 aromatic heterocycles. The van der Waals surface area contributed by atoms with E-state index < -0.39 is 0 Å². The standard InChI is InChI=1S/C12H24N4O/c1-3-7-16-12(14-10-15-16)8-13-6-4-5-11(2)9-17/h10-11,13,17H,3-9H2,1-2H3. The van der Waals surface area contributed by atoms with Crippen LogP contribution in [0, 0.1) is 5.92 Å². The SMILES string of the molecule is CCCn1ncnc1CNCCCC(C)CO. The molecule has 0 fully saturated rings. The highest BCUT2D eigenvalue weighted by atomic mass is 16.3.